The summed E-state index contributed by atoms with van der Waals surface area (Å²) in [6, 6.07) is 11.4. The predicted octanol–water partition coefficient (Wildman–Crippen LogP) is 3.82. The summed E-state index contributed by atoms with van der Waals surface area (Å²) in [5.74, 6) is 0.396. The average Bonchev–Trinajstić information content (AvgIpc) is 2.59. The molecule has 2 aromatic carbocycles. The van der Waals surface area contributed by atoms with Crippen LogP contribution in [0.25, 0.3) is 0 Å². The van der Waals surface area contributed by atoms with E-state index in [9.17, 15) is 9.18 Å². The van der Waals surface area contributed by atoms with Crippen molar-refractivity contribution in [3.63, 3.8) is 0 Å². The number of aryl methyl sites for hydroxylation is 1. The monoisotopic (exact) mass is 364 g/mol. The van der Waals surface area contributed by atoms with Crippen LogP contribution in [0, 0.1) is 12.7 Å². The van der Waals surface area contributed by atoms with Crippen molar-refractivity contribution in [2.45, 2.75) is 25.9 Å². The Hall–Kier alpha value is -2.27. The minimum Gasteiger partial charge on any atom is -0.490 e. The lowest BCUT2D eigenvalue weighted by molar-refractivity contribution is 0.0595. The number of carbonyl (C=O) groups excluding carboxylic acids is 1. The molecule has 0 aliphatic carbocycles. The van der Waals surface area contributed by atoms with Gasteiger partial charge in [-0.1, -0.05) is 6.07 Å². The molecule has 3 rings (SSSR count). The molecule has 25 heavy (non-hydrogen) atoms. The number of anilines is 1. The summed E-state index contributed by atoms with van der Waals surface area (Å²) in [6.07, 6.45) is 1.55. The zero-order chi connectivity index (χ0) is 17.1. The van der Waals surface area contributed by atoms with Crippen molar-refractivity contribution >= 4 is 24.0 Å². The lowest BCUT2D eigenvalue weighted by atomic mass is 10.0. The molecule has 1 amide bonds. The Kier molecular flexibility index (Phi) is 6.26. The molecule has 0 saturated carbocycles. The molecule has 2 aromatic rings. The Morgan fingerprint density at radius 2 is 1.80 bits per heavy atom. The van der Waals surface area contributed by atoms with Crippen LogP contribution in [0.15, 0.2) is 42.5 Å². The first kappa shape index (κ1) is 19.1. The maximum atomic E-state index is 12.9. The fraction of sp³-hybridized carbons (Fsp3) is 0.316. The second-order valence-corrected chi connectivity index (χ2v) is 6.14. The number of nitrogens with zero attached hydrogens (tertiary/aromatic N) is 1. The Morgan fingerprint density at radius 3 is 2.44 bits per heavy atom. The fourth-order valence-electron chi connectivity index (χ4n) is 2.92. The predicted molar refractivity (Wildman–Crippen MR) is 98.8 cm³/mol. The molecule has 2 N–H and O–H groups in total. The van der Waals surface area contributed by atoms with E-state index in [0.717, 1.165) is 18.4 Å². The summed E-state index contributed by atoms with van der Waals surface area (Å²) in [5.41, 5.74) is 7.98. The molecule has 1 fully saturated rings. The van der Waals surface area contributed by atoms with Gasteiger partial charge in [0.2, 0.25) is 0 Å². The van der Waals surface area contributed by atoms with Crippen LogP contribution in [0.2, 0.25) is 0 Å². The van der Waals surface area contributed by atoms with E-state index >= 15 is 0 Å². The number of carbonyl (C=O) groups is 1. The molecule has 0 aromatic heterocycles. The SMILES string of the molecule is Cc1ccc(N)cc1C(=O)N1CCC(Oc2ccc(F)cc2)CC1.Cl. The molecule has 0 unspecified atom stereocenters. The number of benzene rings is 2. The number of amides is 1. The fourth-order valence-corrected chi connectivity index (χ4v) is 2.92. The van der Waals surface area contributed by atoms with E-state index in [-0.39, 0.29) is 30.2 Å². The lowest BCUT2D eigenvalue weighted by Gasteiger charge is -2.32. The van der Waals surface area contributed by atoms with E-state index in [2.05, 4.69) is 0 Å². The lowest BCUT2D eigenvalue weighted by Crippen LogP contribution is -2.42. The summed E-state index contributed by atoms with van der Waals surface area (Å²) < 4.78 is 18.8. The first-order valence-electron chi connectivity index (χ1n) is 8.10. The summed E-state index contributed by atoms with van der Waals surface area (Å²) in [5, 5.41) is 0. The molecule has 0 bridgehead atoms. The number of likely N-dealkylation sites (tertiary alicyclic amines) is 1. The van der Waals surface area contributed by atoms with Gasteiger partial charge in [-0.2, -0.15) is 0 Å². The van der Waals surface area contributed by atoms with Gasteiger partial charge in [-0.25, -0.2) is 4.39 Å². The second kappa shape index (κ2) is 8.21. The van der Waals surface area contributed by atoms with Gasteiger partial charge in [-0.3, -0.25) is 4.79 Å². The van der Waals surface area contributed by atoms with E-state index < -0.39 is 0 Å². The van der Waals surface area contributed by atoms with Gasteiger partial charge in [0, 0.05) is 37.2 Å². The van der Waals surface area contributed by atoms with Crippen molar-refractivity contribution in [2.24, 2.45) is 0 Å². The number of piperidine rings is 1. The third-order valence-electron chi connectivity index (χ3n) is 4.34. The highest BCUT2D eigenvalue weighted by Crippen LogP contribution is 2.22. The molecule has 1 saturated heterocycles. The summed E-state index contributed by atoms with van der Waals surface area (Å²) in [4.78, 5) is 14.5. The van der Waals surface area contributed by atoms with Crippen molar-refractivity contribution in [1.29, 1.82) is 0 Å². The van der Waals surface area contributed by atoms with Gasteiger partial charge in [0.15, 0.2) is 0 Å². The molecule has 1 aliphatic rings. The molecule has 0 radical (unpaired) electrons. The molecule has 4 nitrogen and oxygen atoms in total. The van der Waals surface area contributed by atoms with Crippen LogP contribution in [-0.2, 0) is 0 Å². The Labute approximate surface area is 153 Å². The van der Waals surface area contributed by atoms with Crippen molar-refractivity contribution in [3.8, 4) is 5.75 Å². The minimum absolute atomic E-state index is 0. The number of hydrogen-bond donors (Lipinski definition) is 1. The molecule has 0 atom stereocenters. The second-order valence-electron chi connectivity index (χ2n) is 6.14. The van der Waals surface area contributed by atoms with E-state index in [1.54, 1.807) is 24.3 Å². The molecule has 1 heterocycles. The Morgan fingerprint density at radius 1 is 1.16 bits per heavy atom. The average molecular weight is 365 g/mol. The Bertz CT molecular complexity index is 729. The van der Waals surface area contributed by atoms with Gasteiger partial charge in [-0.05, 0) is 48.9 Å². The highest BCUT2D eigenvalue weighted by molar-refractivity contribution is 5.96. The smallest absolute Gasteiger partial charge is 0.254 e. The first-order valence-corrected chi connectivity index (χ1v) is 8.10. The number of ether oxygens (including phenoxy) is 1. The normalized spacial score (nSPS) is 14.7. The molecule has 0 spiro atoms. The van der Waals surface area contributed by atoms with E-state index in [1.165, 1.54) is 12.1 Å². The maximum absolute atomic E-state index is 12.9. The number of nitrogens with two attached hydrogens (primary N) is 1. The van der Waals surface area contributed by atoms with Crippen molar-refractivity contribution in [2.75, 3.05) is 18.8 Å². The van der Waals surface area contributed by atoms with E-state index in [0.29, 0.717) is 30.1 Å². The number of hydrogen-bond acceptors (Lipinski definition) is 3. The topological polar surface area (TPSA) is 55.6 Å². The van der Waals surface area contributed by atoms with Gasteiger partial charge >= 0.3 is 0 Å². The van der Waals surface area contributed by atoms with Gasteiger partial charge < -0.3 is 15.4 Å². The van der Waals surface area contributed by atoms with Crippen LogP contribution in [-0.4, -0.2) is 30.0 Å². The summed E-state index contributed by atoms with van der Waals surface area (Å²) in [6.45, 7) is 3.19. The summed E-state index contributed by atoms with van der Waals surface area (Å²) in [7, 11) is 0. The van der Waals surface area contributed by atoms with Crippen LogP contribution in [0.4, 0.5) is 10.1 Å². The van der Waals surface area contributed by atoms with E-state index in [4.69, 9.17) is 10.5 Å². The molecular weight excluding hydrogens is 343 g/mol. The van der Waals surface area contributed by atoms with Crippen LogP contribution in [0.5, 0.6) is 5.75 Å². The van der Waals surface area contributed by atoms with Crippen LogP contribution < -0.4 is 10.5 Å². The van der Waals surface area contributed by atoms with Crippen LogP contribution in [0.1, 0.15) is 28.8 Å². The molecule has 6 heteroatoms. The quantitative estimate of drug-likeness (QED) is 0.842. The van der Waals surface area contributed by atoms with Crippen LogP contribution >= 0.6 is 12.4 Å². The van der Waals surface area contributed by atoms with Gasteiger partial charge in [0.25, 0.3) is 5.91 Å². The van der Waals surface area contributed by atoms with Crippen molar-refractivity contribution in [3.05, 3.63) is 59.4 Å². The molecule has 1 aliphatic heterocycles. The third kappa shape index (κ3) is 4.63. The maximum Gasteiger partial charge on any atom is 0.254 e. The highest BCUT2D eigenvalue weighted by atomic mass is 35.5. The van der Waals surface area contributed by atoms with E-state index in [1.807, 2.05) is 17.9 Å². The number of rotatable bonds is 3. The molecular formula is C19H22ClFN2O2. The third-order valence-corrected chi connectivity index (χ3v) is 4.34. The zero-order valence-electron chi connectivity index (χ0n) is 14.1. The minimum atomic E-state index is -0.278. The zero-order valence-corrected chi connectivity index (χ0v) is 14.9. The van der Waals surface area contributed by atoms with Gasteiger partial charge in [-0.15, -0.1) is 12.4 Å². The van der Waals surface area contributed by atoms with Crippen LogP contribution in [0.3, 0.4) is 0 Å². The summed E-state index contributed by atoms with van der Waals surface area (Å²) >= 11 is 0. The molecule has 134 valence electrons. The largest absolute Gasteiger partial charge is 0.490 e. The van der Waals surface area contributed by atoms with Gasteiger partial charge in [0.1, 0.15) is 17.7 Å². The number of halogens is 2. The Balaban J connectivity index is 0.00000225. The number of nitrogen functional groups attached to an aromatic ring is 1. The van der Waals surface area contributed by atoms with Gasteiger partial charge in [0.05, 0.1) is 0 Å². The van der Waals surface area contributed by atoms with Crippen molar-refractivity contribution in [1.82, 2.24) is 4.90 Å². The van der Waals surface area contributed by atoms with Crippen molar-refractivity contribution < 1.29 is 13.9 Å². The highest BCUT2D eigenvalue weighted by Gasteiger charge is 2.25. The standard InChI is InChI=1S/C19H21FN2O2.ClH/c1-13-2-5-15(21)12-18(13)19(23)22-10-8-17(9-11-22)24-16-6-3-14(20)4-7-16;/h2-7,12,17H,8-11,21H2,1H3;1H. The first-order chi connectivity index (χ1) is 11.5.